The van der Waals surface area contributed by atoms with Gasteiger partial charge in [0.25, 0.3) is 0 Å². The van der Waals surface area contributed by atoms with Crippen molar-refractivity contribution in [3.8, 4) is 0 Å². The molecule has 4 nitrogen and oxygen atoms in total. The molecular formula is C7H17N3O. The number of morpholine rings is 1. The molecule has 0 spiro atoms. The SMILES string of the molecule is NC(N)CCC1CNCCO1. The summed E-state index contributed by atoms with van der Waals surface area (Å²) in [7, 11) is 0. The first-order valence-electron chi connectivity index (χ1n) is 4.12. The van der Waals surface area contributed by atoms with Crippen molar-refractivity contribution in [2.45, 2.75) is 25.1 Å². The Bertz CT molecular complexity index is 102. The van der Waals surface area contributed by atoms with Crippen LogP contribution in [0, 0.1) is 0 Å². The van der Waals surface area contributed by atoms with E-state index in [0.29, 0.717) is 6.10 Å². The van der Waals surface area contributed by atoms with Gasteiger partial charge in [-0.1, -0.05) is 0 Å². The number of nitrogens with one attached hydrogen (secondary N) is 1. The molecule has 5 N–H and O–H groups in total. The quantitative estimate of drug-likeness (QED) is 0.462. The largest absolute Gasteiger partial charge is 0.376 e. The summed E-state index contributed by atoms with van der Waals surface area (Å²) in [6, 6.07) is 0. The summed E-state index contributed by atoms with van der Waals surface area (Å²) >= 11 is 0. The van der Waals surface area contributed by atoms with Crippen LogP contribution in [0.4, 0.5) is 0 Å². The molecule has 1 fully saturated rings. The lowest BCUT2D eigenvalue weighted by Gasteiger charge is -2.23. The van der Waals surface area contributed by atoms with E-state index in [-0.39, 0.29) is 6.17 Å². The molecule has 0 aromatic rings. The van der Waals surface area contributed by atoms with Gasteiger partial charge in [0, 0.05) is 13.1 Å². The highest BCUT2D eigenvalue weighted by atomic mass is 16.5. The second-order valence-electron chi connectivity index (χ2n) is 2.94. The van der Waals surface area contributed by atoms with Gasteiger partial charge in [-0.25, -0.2) is 0 Å². The lowest BCUT2D eigenvalue weighted by Crippen LogP contribution is -2.40. The third kappa shape index (κ3) is 3.67. The molecule has 1 atom stereocenters. The maximum Gasteiger partial charge on any atom is 0.0701 e. The van der Waals surface area contributed by atoms with Gasteiger partial charge in [-0.05, 0) is 12.8 Å². The van der Waals surface area contributed by atoms with Gasteiger partial charge in [0.2, 0.25) is 0 Å². The Morgan fingerprint density at radius 2 is 2.36 bits per heavy atom. The van der Waals surface area contributed by atoms with Crippen LogP contribution in [0.25, 0.3) is 0 Å². The summed E-state index contributed by atoms with van der Waals surface area (Å²) in [5.41, 5.74) is 10.8. The van der Waals surface area contributed by atoms with Crippen molar-refractivity contribution < 1.29 is 4.74 Å². The minimum atomic E-state index is -0.194. The highest BCUT2D eigenvalue weighted by molar-refractivity contribution is 4.68. The molecule has 0 bridgehead atoms. The fourth-order valence-electron chi connectivity index (χ4n) is 1.18. The van der Waals surface area contributed by atoms with Crippen molar-refractivity contribution in [1.29, 1.82) is 0 Å². The predicted octanol–water partition coefficient (Wildman–Crippen LogP) is -1.00. The van der Waals surface area contributed by atoms with E-state index in [1.165, 1.54) is 0 Å². The molecule has 0 amide bonds. The molecule has 1 rings (SSSR count). The Morgan fingerprint density at radius 3 is 2.91 bits per heavy atom. The van der Waals surface area contributed by atoms with Crippen LogP contribution in [0.1, 0.15) is 12.8 Å². The van der Waals surface area contributed by atoms with Gasteiger partial charge in [-0.2, -0.15) is 0 Å². The van der Waals surface area contributed by atoms with Crippen LogP contribution in [-0.4, -0.2) is 32.0 Å². The topological polar surface area (TPSA) is 73.3 Å². The Kier molecular flexibility index (Phi) is 3.79. The zero-order valence-electron chi connectivity index (χ0n) is 6.75. The van der Waals surface area contributed by atoms with E-state index in [0.717, 1.165) is 32.5 Å². The van der Waals surface area contributed by atoms with Gasteiger partial charge in [-0.3, -0.25) is 0 Å². The molecule has 0 radical (unpaired) electrons. The van der Waals surface area contributed by atoms with Gasteiger partial charge >= 0.3 is 0 Å². The Hall–Kier alpha value is -0.160. The van der Waals surface area contributed by atoms with Gasteiger partial charge in [0.15, 0.2) is 0 Å². The fraction of sp³-hybridized carbons (Fsp3) is 1.00. The van der Waals surface area contributed by atoms with Crippen molar-refractivity contribution in [2.75, 3.05) is 19.7 Å². The fourth-order valence-corrected chi connectivity index (χ4v) is 1.18. The predicted molar refractivity (Wildman–Crippen MR) is 44.0 cm³/mol. The second kappa shape index (κ2) is 4.66. The smallest absolute Gasteiger partial charge is 0.0701 e. The van der Waals surface area contributed by atoms with Gasteiger partial charge in [-0.15, -0.1) is 0 Å². The Labute approximate surface area is 67.3 Å². The molecule has 11 heavy (non-hydrogen) atoms. The van der Waals surface area contributed by atoms with E-state index >= 15 is 0 Å². The number of ether oxygens (including phenoxy) is 1. The first-order valence-corrected chi connectivity index (χ1v) is 4.12. The van der Waals surface area contributed by atoms with Gasteiger partial charge in [0.1, 0.15) is 0 Å². The van der Waals surface area contributed by atoms with Crippen LogP contribution < -0.4 is 16.8 Å². The summed E-state index contributed by atoms with van der Waals surface area (Å²) in [6.07, 6.45) is 1.93. The minimum absolute atomic E-state index is 0.194. The van der Waals surface area contributed by atoms with Crippen molar-refractivity contribution in [1.82, 2.24) is 5.32 Å². The van der Waals surface area contributed by atoms with Crippen molar-refractivity contribution in [2.24, 2.45) is 11.5 Å². The molecular weight excluding hydrogens is 142 g/mol. The molecule has 1 unspecified atom stereocenters. The average molecular weight is 159 g/mol. The molecule has 66 valence electrons. The van der Waals surface area contributed by atoms with Crippen LogP contribution in [0.5, 0.6) is 0 Å². The van der Waals surface area contributed by atoms with Crippen LogP contribution in [0.3, 0.4) is 0 Å². The van der Waals surface area contributed by atoms with Crippen LogP contribution in [0.15, 0.2) is 0 Å². The lowest BCUT2D eigenvalue weighted by molar-refractivity contribution is 0.0215. The first-order chi connectivity index (χ1) is 5.29. The highest BCUT2D eigenvalue weighted by Gasteiger charge is 2.12. The zero-order valence-corrected chi connectivity index (χ0v) is 6.75. The number of hydrogen-bond donors (Lipinski definition) is 3. The number of hydrogen-bond acceptors (Lipinski definition) is 4. The number of nitrogens with two attached hydrogens (primary N) is 2. The molecule has 1 aliphatic heterocycles. The second-order valence-corrected chi connectivity index (χ2v) is 2.94. The molecule has 1 saturated heterocycles. The summed E-state index contributed by atoms with van der Waals surface area (Å²) in [5, 5.41) is 3.25. The average Bonchev–Trinajstić information content (AvgIpc) is 2.03. The molecule has 1 aliphatic rings. The van der Waals surface area contributed by atoms with Crippen molar-refractivity contribution in [3.63, 3.8) is 0 Å². The maximum absolute atomic E-state index is 5.45. The van der Waals surface area contributed by atoms with E-state index in [1.54, 1.807) is 0 Å². The highest BCUT2D eigenvalue weighted by Crippen LogP contribution is 2.04. The van der Waals surface area contributed by atoms with Gasteiger partial charge < -0.3 is 21.5 Å². The molecule has 0 aromatic heterocycles. The summed E-state index contributed by atoms with van der Waals surface area (Å²) < 4.78 is 5.45. The summed E-state index contributed by atoms with van der Waals surface area (Å²) in [4.78, 5) is 0. The third-order valence-electron chi connectivity index (χ3n) is 1.83. The van der Waals surface area contributed by atoms with E-state index in [2.05, 4.69) is 5.32 Å². The summed E-state index contributed by atoms with van der Waals surface area (Å²) in [6.45, 7) is 2.71. The molecule has 0 saturated carbocycles. The first kappa shape index (κ1) is 8.93. The van der Waals surface area contributed by atoms with Crippen molar-refractivity contribution >= 4 is 0 Å². The maximum atomic E-state index is 5.45. The lowest BCUT2D eigenvalue weighted by atomic mass is 10.1. The van der Waals surface area contributed by atoms with E-state index < -0.39 is 0 Å². The van der Waals surface area contributed by atoms with E-state index in [1.807, 2.05) is 0 Å². The molecule has 0 aromatic carbocycles. The monoisotopic (exact) mass is 159 g/mol. The molecule has 0 aliphatic carbocycles. The number of rotatable bonds is 3. The van der Waals surface area contributed by atoms with Crippen LogP contribution >= 0.6 is 0 Å². The minimum Gasteiger partial charge on any atom is -0.376 e. The molecule has 1 heterocycles. The zero-order chi connectivity index (χ0) is 8.10. The van der Waals surface area contributed by atoms with E-state index in [4.69, 9.17) is 16.2 Å². The normalized spacial score (nSPS) is 25.9. The standard InChI is InChI=1S/C7H17N3O/c8-7(9)2-1-6-5-10-3-4-11-6/h6-7,10H,1-5,8-9H2. The van der Waals surface area contributed by atoms with Gasteiger partial charge in [0.05, 0.1) is 18.9 Å². The molecule has 4 heteroatoms. The Balaban J connectivity index is 2.05. The van der Waals surface area contributed by atoms with Crippen molar-refractivity contribution in [3.05, 3.63) is 0 Å². The third-order valence-corrected chi connectivity index (χ3v) is 1.83. The Morgan fingerprint density at radius 1 is 1.55 bits per heavy atom. The van der Waals surface area contributed by atoms with E-state index in [9.17, 15) is 0 Å². The summed E-state index contributed by atoms with van der Waals surface area (Å²) in [5.74, 6) is 0. The van der Waals surface area contributed by atoms with Crippen LogP contribution in [-0.2, 0) is 4.74 Å². The van der Waals surface area contributed by atoms with Crippen LogP contribution in [0.2, 0.25) is 0 Å².